The zero-order chi connectivity index (χ0) is 13.1. The van der Waals surface area contributed by atoms with Crippen molar-refractivity contribution in [2.45, 2.75) is 30.1 Å². The Kier molecular flexibility index (Phi) is 4.07. The van der Waals surface area contributed by atoms with Crippen LogP contribution in [0.4, 0.5) is 8.78 Å². The third-order valence-corrected chi connectivity index (χ3v) is 3.20. The monoisotopic (exact) mass is 270 g/mol. The number of hydrogen-bond donors (Lipinski definition) is 1. The van der Waals surface area contributed by atoms with Crippen molar-refractivity contribution in [3.63, 3.8) is 0 Å². The molecule has 18 heavy (non-hydrogen) atoms. The molecule has 0 unspecified atom stereocenters. The number of hydrogen-bond acceptors (Lipinski definition) is 2. The van der Waals surface area contributed by atoms with Crippen LogP contribution in [-0.2, 0) is 11.3 Å². The number of halogens is 2. The Morgan fingerprint density at radius 1 is 1.22 bits per heavy atom. The maximum absolute atomic E-state index is 14.3. The van der Waals surface area contributed by atoms with Crippen molar-refractivity contribution in [2.24, 2.45) is 0 Å². The molecule has 1 aromatic carbocycles. The van der Waals surface area contributed by atoms with E-state index < -0.39 is 10.7 Å². The molecule has 0 N–H and O–H groups in total. The van der Waals surface area contributed by atoms with Gasteiger partial charge in [-0.1, -0.05) is 36.4 Å². The molecule has 0 aromatic heterocycles. The van der Waals surface area contributed by atoms with E-state index in [-0.39, 0.29) is 19.4 Å². The number of ether oxygens (including phenoxy) is 1. The van der Waals surface area contributed by atoms with Gasteiger partial charge in [-0.2, -0.15) is 0 Å². The minimum absolute atomic E-state index is 0.113. The molecular formula is C14H16F2OS. The lowest BCUT2D eigenvalue weighted by Crippen LogP contribution is -2.38. The molecule has 0 saturated heterocycles. The van der Waals surface area contributed by atoms with Crippen LogP contribution in [0.15, 0.2) is 42.5 Å². The van der Waals surface area contributed by atoms with Gasteiger partial charge in [-0.05, 0) is 11.6 Å². The predicted octanol–water partition coefficient (Wildman–Crippen LogP) is 3.86. The highest BCUT2D eigenvalue weighted by molar-refractivity contribution is 7.81. The Morgan fingerprint density at radius 3 is 2.61 bits per heavy atom. The SMILES string of the molecule is F[C@@]1(COCc2ccccc2)CC=C[C@](F)(S)C1. The van der Waals surface area contributed by atoms with Crippen molar-refractivity contribution < 1.29 is 13.5 Å². The van der Waals surface area contributed by atoms with E-state index in [2.05, 4.69) is 12.6 Å². The van der Waals surface area contributed by atoms with Crippen molar-refractivity contribution in [2.75, 3.05) is 6.61 Å². The lowest BCUT2D eigenvalue weighted by Gasteiger charge is -2.32. The molecule has 0 aliphatic heterocycles. The van der Waals surface area contributed by atoms with Gasteiger partial charge in [-0.15, -0.1) is 12.6 Å². The first kappa shape index (κ1) is 13.6. The van der Waals surface area contributed by atoms with Crippen LogP contribution in [0.3, 0.4) is 0 Å². The van der Waals surface area contributed by atoms with Gasteiger partial charge in [0.05, 0.1) is 13.2 Å². The number of allylic oxidation sites excluding steroid dienone is 1. The standard InChI is InChI=1S/C14H16F2OS/c15-13(7-4-8-14(16,18)10-13)11-17-9-12-5-2-1-3-6-12/h1-6,8,18H,7,9-11H2/t13-,14-/m0/s1. The van der Waals surface area contributed by atoms with Crippen LogP contribution in [0.1, 0.15) is 18.4 Å². The second-order valence-electron chi connectivity index (χ2n) is 4.73. The Morgan fingerprint density at radius 2 is 1.94 bits per heavy atom. The van der Waals surface area contributed by atoms with Crippen molar-refractivity contribution in [1.29, 1.82) is 0 Å². The fourth-order valence-electron chi connectivity index (χ4n) is 2.06. The Labute approximate surface area is 111 Å². The van der Waals surface area contributed by atoms with E-state index in [4.69, 9.17) is 4.74 Å². The number of thiol groups is 1. The smallest absolute Gasteiger partial charge is 0.175 e. The largest absolute Gasteiger partial charge is 0.373 e. The first-order valence-electron chi connectivity index (χ1n) is 5.89. The molecule has 4 heteroatoms. The summed E-state index contributed by atoms with van der Waals surface area (Å²) in [6, 6.07) is 9.51. The summed E-state index contributed by atoms with van der Waals surface area (Å²) in [7, 11) is 0. The molecular weight excluding hydrogens is 254 g/mol. The van der Waals surface area contributed by atoms with E-state index in [1.165, 1.54) is 12.2 Å². The number of alkyl halides is 2. The van der Waals surface area contributed by atoms with Crippen LogP contribution in [-0.4, -0.2) is 17.3 Å². The van der Waals surface area contributed by atoms with Gasteiger partial charge in [0.25, 0.3) is 0 Å². The van der Waals surface area contributed by atoms with Gasteiger partial charge >= 0.3 is 0 Å². The first-order valence-corrected chi connectivity index (χ1v) is 6.33. The second kappa shape index (κ2) is 5.41. The fourth-order valence-corrected chi connectivity index (χ4v) is 2.45. The van der Waals surface area contributed by atoms with Gasteiger partial charge in [-0.3, -0.25) is 0 Å². The predicted molar refractivity (Wildman–Crippen MR) is 71.1 cm³/mol. The molecule has 1 aliphatic rings. The third kappa shape index (κ3) is 3.82. The molecule has 1 nitrogen and oxygen atoms in total. The summed E-state index contributed by atoms with van der Waals surface area (Å²) in [6.07, 6.45) is 2.69. The quantitative estimate of drug-likeness (QED) is 0.645. The summed E-state index contributed by atoms with van der Waals surface area (Å²) in [5, 5.41) is -1.87. The van der Waals surface area contributed by atoms with Crippen LogP contribution in [0, 0.1) is 0 Å². The summed E-state index contributed by atoms with van der Waals surface area (Å²) in [4.78, 5) is 0. The molecule has 2 rings (SSSR count). The summed E-state index contributed by atoms with van der Waals surface area (Å²) >= 11 is 3.77. The zero-order valence-corrected chi connectivity index (χ0v) is 10.9. The average molecular weight is 270 g/mol. The average Bonchev–Trinajstić information content (AvgIpc) is 2.28. The summed E-state index contributed by atoms with van der Waals surface area (Å²) in [6.45, 7) is 0.223. The molecule has 0 spiro atoms. The van der Waals surface area contributed by atoms with Crippen LogP contribution in [0.25, 0.3) is 0 Å². The highest BCUT2D eigenvalue weighted by atomic mass is 32.1. The van der Waals surface area contributed by atoms with Crippen molar-refractivity contribution in [1.82, 2.24) is 0 Å². The van der Waals surface area contributed by atoms with Crippen molar-refractivity contribution in [3.05, 3.63) is 48.0 Å². The van der Waals surface area contributed by atoms with Gasteiger partial charge in [0.15, 0.2) is 5.00 Å². The topological polar surface area (TPSA) is 9.23 Å². The molecule has 0 bridgehead atoms. The lowest BCUT2D eigenvalue weighted by molar-refractivity contribution is -0.0126. The fraction of sp³-hybridized carbons (Fsp3) is 0.429. The number of benzene rings is 1. The molecule has 0 radical (unpaired) electrons. The Balaban J connectivity index is 1.85. The highest BCUT2D eigenvalue weighted by Gasteiger charge is 2.41. The van der Waals surface area contributed by atoms with Crippen LogP contribution >= 0.6 is 12.6 Å². The molecule has 0 heterocycles. The van der Waals surface area contributed by atoms with Crippen LogP contribution < -0.4 is 0 Å². The minimum Gasteiger partial charge on any atom is -0.373 e. The maximum atomic E-state index is 14.3. The Hall–Kier alpha value is -0.870. The van der Waals surface area contributed by atoms with E-state index in [1.807, 2.05) is 30.3 Å². The van der Waals surface area contributed by atoms with E-state index in [0.717, 1.165) is 5.56 Å². The van der Waals surface area contributed by atoms with Crippen molar-refractivity contribution >= 4 is 12.6 Å². The van der Waals surface area contributed by atoms with E-state index in [0.29, 0.717) is 6.61 Å². The molecule has 2 atom stereocenters. The van der Waals surface area contributed by atoms with Crippen LogP contribution in [0.2, 0.25) is 0 Å². The highest BCUT2D eigenvalue weighted by Crippen LogP contribution is 2.38. The van der Waals surface area contributed by atoms with E-state index in [1.54, 1.807) is 0 Å². The van der Waals surface area contributed by atoms with Gasteiger partial charge < -0.3 is 4.74 Å². The second-order valence-corrected chi connectivity index (χ2v) is 5.47. The van der Waals surface area contributed by atoms with E-state index >= 15 is 0 Å². The molecule has 1 aromatic rings. The minimum atomic E-state index is -1.87. The molecule has 0 fully saturated rings. The van der Waals surface area contributed by atoms with Crippen molar-refractivity contribution in [3.8, 4) is 0 Å². The summed E-state index contributed by atoms with van der Waals surface area (Å²) in [5.41, 5.74) is -0.690. The molecule has 1 aliphatic carbocycles. The van der Waals surface area contributed by atoms with Gasteiger partial charge in [0, 0.05) is 12.8 Å². The van der Waals surface area contributed by atoms with Crippen LogP contribution in [0.5, 0.6) is 0 Å². The zero-order valence-electron chi connectivity index (χ0n) is 9.98. The Bertz CT molecular complexity index is 419. The third-order valence-electron chi connectivity index (χ3n) is 2.89. The van der Waals surface area contributed by atoms with Gasteiger partial charge in [0.2, 0.25) is 0 Å². The van der Waals surface area contributed by atoms with E-state index in [9.17, 15) is 8.78 Å². The molecule has 0 saturated carbocycles. The lowest BCUT2D eigenvalue weighted by atomic mass is 9.90. The molecule has 98 valence electrons. The van der Waals surface area contributed by atoms with Gasteiger partial charge in [0.1, 0.15) is 5.67 Å². The number of rotatable bonds is 4. The maximum Gasteiger partial charge on any atom is 0.175 e. The summed E-state index contributed by atoms with van der Waals surface area (Å²) in [5.74, 6) is 0. The summed E-state index contributed by atoms with van der Waals surface area (Å²) < 4.78 is 33.3. The first-order chi connectivity index (χ1) is 8.49. The van der Waals surface area contributed by atoms with Gasteiger partial charge in [-0.25, -0.2) is 8.78 Å². The molecule has 0 amide bonds. The normalized spacial score (nSPS) is 31.5.